The monoisotopic (exact) mass is 402 g/mol. The first kappa shape index (κ1) is 19.5. The molecule has 0 saturated carbocycles. The average Bonchev–Trinajstić information content (AvgIpc) is 3.15. The largest absolute Gasteiger partial charge is 0.481 e. The van der Waals surface area contributed by atoms with Gasteiger partial charge in [-0.15, -0.1) is 0 Å². The molecule has 1 saturated heterocycles. The Hall–Kier alpha value is -3.86. The molecule has 2 aromatic heterocycles. The second kappa shape index (κ2) is 8.25. The SMILES string of the molecule is Cc1[nH]c(-c2ccc(N3CCN(c4ccc(CC(=O)O)cc4)CC3)nc2)nc1C#N. The van der Waals surface area contributed by atoms with Crippen molar-refractivity contribution >= 4 is 17.5 Å². The highest BCUT2D eigenvalue weighted by molar-refractivity contribution is 5.70. The van der Waals surface area contributed by atoms with Gasteiger partial charge in [0.2, 0.25) is 0 Å². The number of rotatable bonds is 5. The number of nitrogens with one attached hydrogen (secondary N) is 1. The molecular formula is C22H22N6O2. The van der Waals surface area contributed by atoms with Crippen LogP contribution in [-0.4, -0.2) is 52.2 Å². The van der Waals surface area contributed by atoms with E-state index in [9.17, 15) is 4.79 Å². The first-order chi connectivity index (χ1) is 14.5. The van der Waals surface area contributed by atoms with E-state index in [0.29, 0.717) is 11.5 Å². The molecule has 0 atom stereocenters. The number of aryl methyl sites for hydroxylation is 1. The van der Waals surface area contributed by atoms with Crippen LogP contribution < -0.4 is 9.80 Å². The summed E-state index contributed by atoms with van der Waals surface area (Å²) in [5, 5.41) is 18.0. The summed E-state index contributed by atoms with van der Waals surface area (Å²) >= 11 is 0. The van der Waals surface area contributed by atoms with Gasteiger partial charge in [0.15, 0.2) is 5.69 Å². The lowest BCUT2D eigenvalue weighted by molar-refractivity contribution is -0.136. The minimum absolute atomic E-state index is 0.0467. The Morgan fingerprint density at radius 1 is 1.13 bits per heavy atom. The Kier molecular flexibility index (Phi) is 5.35. The van der Waals surface area contributed by atoms with Crippen LogP contribution in [0.1, 0.15) is 17.0 Å². The molecule has 0 bridgehead atoms. The molecule has 8 nitrogen and oxygen atoms in total. The van der Waals surface area contributed by atoms with Gasteiger partial charge >= 0.3 is 5.97 Å². The van der Waals surface area contributed by atoms with Crippen molar-refractivity contribution in [1.29, 1.82) is 5.26 Å². The average molecular weight is 402 g/mol. The number of hydrogen-bond donors (Lipinski definition) is 2. The van der Waals surface area contributed by atoms with Crippen molar-refractivity contribution in [3.63, 3.8) is 0 Å². The molecule has 1 fully saturated rings. The van der Waals surface area contributed by atoms with E-state index in [-0.39, 0.29) is 6.42 Å². The van der Waals surface area contributed by atoms with E-state index in [0.717, 1.165) is 54.5 Å². The fourth-order valence-electron chi connectivity index (χ4n) is 3.61. The summed E-state index contributed by atoms with van der Waals surface area (Å²) in [5.74, 6) is 0.751. The topological polar surface area (TPSA) is 109 Å². The van der Waals surface area contributed by atoms with Gasteiger partial charge in [-0.2, -0.15) is 5.26 Å². The molecule has 0 radical (unpaired) electrons. The number of hydrogen-bond acceptors (Lipinski definition) is 6. The molecule has 1 aliphatic heterocycles. The number of nitriles is 1. The molecule has 8 heteroatoms. The molecule has 0 aliphatic carbocycles. The Morgan fingerprint density at radius 3 is 2.40 bits per heavy atom. The van der Waals surface area contributed by atoms with Crippen LogP contribution in [0.2, 0.25) is 0 Å². The molecule has 3 heterocycles. The number of carboxylic acid groups (broad SMARTS) is 1. The number of carboxylic acids is 1. The smallest absolute Gasteiger partial charge is 0.307 e. The number of benzene rings is 1. The third-order valence-electron chi connectivity index (χ3n) is 5.27. The molecule has 152 valence electrons. The third kappa shape index (κ3) is 4.10. The van der Waals surface area contributed by atoms with E-state index in [1.165, 1.54) is 0 Å². The molecule has 0 amide bonds. The molecule has 3 aromatic rings. The van der Waals surface area contributed by atoms with E-state index in [2.05, 4.69) is 30.8 Å². The van der Waals surface area contributed by atoms with Crippen LogP contribution in [0.3, 0.4) is 0 Å². The number of pyridine rings is 1. The Bertz CT molecular complexity index is 1070. The van der Waals surface area contributed by atoms with Crippen LogP contribution in [0.5, 0.6) is 0 Å². The van der Waals surface area contributed by atoms with Crippen LogP contribution >= 0.6 is 0 Å². The Balaban J connectivity index is 1.38. The number of nitrogens with zero attached hydrogens (tertiary/aromatic N) is 5. The maximum absolute atomic E-state index is 10.8. The minimum atomic E-state index is -0.817. The van der Waals surface area contributed by atoms with Crippen molar-refractivity contribution in [2.24, 2.45) is 0 Å². The first-order valence-electron chi connectivity index (χ1n) is 9.77. The Labute approximate surface area is 174 Å². The lowest BCUT2D eigenvalue weighted by atomic mass is 10.1. The van der Waals surface area contributed by atoms with Crippen molar-refractivity contribution < 1.29 is 9.90 Å². The summed E-state index contributed by atoms with van der Waals surface area (Å²) in [4.78, 5) is 27.4. The normalized spacial score (nSPS) is 13.9. The van der Waals surface area contributed by atoms with E-state index in [1.807, 2.05) is 43.3 Å². The van der Waals surface area contributed by atoms with Crippen molar-refractivity contribution in [2.75, 3.05) is 36.0 Å². The lowest BCUT2D eigenvalue weighted by Gasteiger charge is -2.36. The van der Waals surface area contributed by atoms with Crippen LogP contribution in [-0.2, 0) is 11.2 Å². The van der Waals surface area contributed by atoms with Gasteiger partial charge < -0.3 is 19.9 Å². The fraction of sp³-hybridized carbons (Fsp3) is 0.273. The van der Waals surface area contributed by atoms with E-state index >= 15 is 0 Å². The zero-order valence-electron chi connectivity index (χ0n) is 16.7. The second-order valence-electron chi connectivity index (χ2n) is 7.29. The highest BCUT2D eigenvalue weighted by Crippen LogP contribution is 2.23. The molecule has 0 unspecified atom stereocenters. The van der Waals surface area contributed by atoms with Crippen molar-refractivity contribution in [3.05, 3.63) is 59.5 Å². The summed E-state index contributed by atoms with van der Waals surface area (Å²) in [6.07, 6.45) is 1.83. The third-order valence-corrected chi connectivity index (χ3v) is 5.27. The predicted molar refractivity (Wildman–Crippen MR) is 113 cm³/mol. The van der Waals surface area contributed by atoms with Gasteiger partial charge in [-0.25, -0.2) is 9.97 Å². The van der Waals surface area contributed by atoms with Crippen molar-refractivity contribution in [3.8, 4) is 17.5 Å². The van der Waals surface area contributed by atoms with Gasteiger partial charge in [0.05, 0.1) is 12.1 Å². The van der Waals surface area contributed by atoms with Gasteiger partial charge in [-0.1, -0.05) is 12.1 Å². The summed E-state index contributed by atoms with van der Waals surface area (Å²) in [5.41, 5.74) is 3.92. The van der Waals surface area contributed by atoms with E-state index < -0.39 is 5.97 Å². The minimum Gasteiger partial charge on any atom is -0.481 e. The number of aliphatic carboxylic acids is 1. The number of anilines is 2. The molecule has 4 rings (SSSR count). The van der Waals surface area contributed by atoms with Crippen molar-refractivity contribution in [2.45, 2.75) is 13.3 Å². The Morgan fingerprint density at radius 2 is 1.83 bits per heavy atom. The van der Waals surface area contributed by atoms with Crippen LogP contribution in [0.4, 0.5) is 11.5 Å². The number of aromatic amines is 1. The van der Waals surface area contributed by atoms with Crippen molar-refractivity contribution in [1.82, 2.24) is 15.0 Å². The number of piperazine rings is 1. The summed E-state index contributed by atoms with van der Waals surface area (Å²) in [7, 11) is 0. The van der Waals surface area contributed by atoms with E-state index in [4.69, 9.17) is 10.4 Å². The van der Waals surface area contributed by atoms with Crippen LogP contribution in [0.15, 0.2) is 42.6 Å². The van der Waals surface area contributed by atoms with E-state index in [1.54, 1.807) is 6.20 Å². The summed E-state index contributed by atoms with van der Waals surface area (Å²) in [6, 6.07) is 13.8. The van der Waals surface area contributed by atoms with Crippen LogP contribution in [0.25, 0.3) is 11.4 Å². The molecule has 30 heavy (non-hydrogen) atoms. The molecule has 1 aromatic carbocycles. The number of aromatic nitrogens is 3. The zero-order valence-corrected chi connectivity index (χ0v) is 16.7. The van der Waals surface area contributed by atoms with Gasteiger partial charge in [0.1, 0.15) is 17.7 Å². The number of imidazole rings is 1. The maximum atomic E-state index is 10.8. The fourth-order valence-corrected chi connectivity index (χ4v) is 3.61. The zero-order chi connectivity index (χ0) is 21.1. The highest BCUT2D eigenvalue weighted by atomic mass is 16.4. The molecule has 2 N–H and O–H groups in total. The van der Waals surface area contributed by atoms with Gasteiger partial charge in [0, 0.05) is 43.6 Å². The maximum Gasteiger partial charge on any atom is 0.307 e. The van der Waals surface area contributed by atoms with Crippen LogP contribution in [0, 0.1) is 18.3 Å². The molecular weight excluding hydrogens is 380 g/mol. The lowest BCUT2D eigenvalue weighted by Crippen LogP contribution is -2.46. The predicted octanol–water partition coefficient (Wildman–Crippen LogP) is 2.61. The van der Waals surface area contributed by atoms with Gasteiger partial charge in [-0.05, 0) is 36.8 Å². The number of H-pyrrole nitrogens is 1. The molecule has 1 aliphatic rings. The first-order valence-corrected chi connectivity index (χ1v) is 9.77. The standard InChI is InChI=1S/C22H22N6O2/c1-15-19(13-23)26-22(25-15)17-4-7-20(24-14-17)28-10-8-27(9-11-28)18-5-2-16(3-6-18)12-21(29)30/h2-7,14H,8-12H2,1H3,(H,25,26)(H,29,30). The highest BCUT2D eigenvalue weighted by Gasteiger charge is 2.19. The second-order valence-corrected chi connectivity index (χ2v) is 7.29. The quantitative estimate of drug-likeness (QED) is 0.675. The van der Waals surface area contributed by atoms with Gasteiger partial charge in [-0.3, -0.25) is 4.79 Å². The summed E-state index contributed by atoms with van der Waals surface area (Å²) in [6.45, 7) is 5.26. The summed E-state index contributed by atoms with van der Waals surface area (Å²) < 4.78 is 0. The van der Waals surface area contributed by atoms with Gasteiger partial charge in [0.25, 0.3) is 0 Å². The molecule has 0 spiro atoms. The number of carbonyl (C=O) groups is 1.